The molecule has 0 unspecified atom stereocenters. The van der Waals surface area contributed by atoms with Crippen LogP contribution >= 0.6 is 0 Å². The van der Waals surface area contributed by atoms with E-state index >= 15 is 0 Å². The Labute approximate surface area is 135 Å². The Bertz CT molecular complexity index is 648. The van der Waals surface area contributed by atoms with E-state index in [4.69, 9.17) is 13.9 Å². The minimum Gasteiger partial charge on any atom is -0.495 e. The van der Waals surface area contributed by atoms with Crippen molar-refractivity contribution >= 4 is 17.5 Å². The van der Waals surface area contributed by atoms with Gasteiger partial charge in [-0.25, -0.2) is 9.78 Å². The van der Waals surface area contributed by atoms with E-state index in [2.05, 4.69) is 15.6 Å². The average molecular weight is 319 g/mol. The lowest BCUT2D eigenvalue weighted by atomic mass is 10.2. The predicted octanol–water partition coefficient (Wildman–Crippen LogP) is 3.64. The number of nitrogens with zero attached hydrogens (tertiary/aromatic N) is 1. The van der Waals surface area contributed by atoms with Gasteiger partial charge >= 0.3 is 6.09 Å². The number of carbonyl (C=O) groups excluding carboxylic acids is 1. The number of carbonyl (C=O) groups is 1. The molecule has 2 aromatic rings. The van der Waals surface area contributed by atoms with Crippen LogP contribution in [0.4, 0.5) is 16.2 Å². The van der Waals surface area contributed by atoms with Gasteiger partial charge in [-0.1, -0.05) is 0 Å². The molecule has 2 rings (SSSR count). The second-order valence-corrected chi connectivity index (χ2v) is 5.86. The molecule has 0 saturated heterocycles. The molecule has 1 aromatic heterocycles. The molecule has 0 bridgehead atoms. The Balaban J connectivity index is 2.07. The number of oxazole rings is 1. The SMILES string of the molecule is COc1ccc(NCc2cnco2)cc1NC(=O)OC(C)(C)C. The van der Waals surface area contributed by atoms with Crippen molar-refractivity contribution in [1.82, 2.24) is 4.98 Å². The Morgan fingerprint density at radius 2 is 2.13 bits per heavy atom. The first-order valence-corrected chi connectivity index (χ1v) is 7.16. The fourth-order valence-electron chi connectivity index (χ4n) is 1.85. The highest BCUT2D eigenvalue weighted by molar-refractivity contribution is 5.88. The zero-order chi connectivity index (χ0) is 16.9. The molecule has 7 nitrogen and oxygen atoms in total. The number of aromatic nitrogens is 1. The lowest BCUT2D eigenvalue weighted by Gasteiger charge is -2.20. The van der Waals surface area contributed by atoms with Crippen molar-refractivity contribution in [1.29, 1.82) is 0 Å². The van der Waals surface area contributed by atoms with Crippen molar-refractivity contribution < 1.29 is 18.7 Å². The molecule has 0 radical (unpaired) electrons. The van der Waals surface area contributed by atoms with Crippen LogP contribution in [0.2, 0.25) is 0 Å². The zero-order valence-corrected chi connectivity index (χ0v) is 13.7. The van der Waals surface area contributed by atoms with Gasteiger partial charge in [-0.05, 0) is 39.0 Å². The molecule has 0 spiro atoms. The van der Waals surface area contributed by atoms with Crippen LogP contribution in [0.15, 0.2) is 35.2 Å². The van der Waals surface area contributed by atoms with Gasteiger partial charge in [-0.3, -0.25) is 5.32 Å². The molecular formula is C16H21N3O4. The Morgan fingerprint density at radius 3 is 2.74 bits per heavy atom. The maximum absolute atomic E-state index is 11.9. The van der Waals surface area contributed by atoms with E-state index in [1.165, 1.54) is 13.5 Å². The molecule has 0 saturated carbocycles. The molecular weight excluding hydrogens is 298 g/mol. The van der Waals surface area contributed by atoms with E-state index in [-0.39, 0.29) is 0 Å². The van der Waals surface area contributed by atoms with Gasteiger partial charge < -0.3 is 19.2 Å². The van der Waals surface area contributed by atoms with E-state index in [9.17, 15) is 4.79 Å². The lowest BCUT2D eigenvalue weighted by molar-refractivity contribution is 0.0635. The molecule has 23 heavy (non-hydrogen) atoms. The normalized spacial score (nSPS) is 11.0. The summed E-state index contributed by atoms with van der Waals surface area (Å²) < 4.78 is 15.7. The highest BCUT2D eigenvalue weighted by Crippen LogP contribution is 2.28. The summed E-state index contributed by atoms with van der Waals surface area (Å²) in [6.07, 6.45) is 2.47. The Kier molecular flexibility index (Phi) is 5.10. The van der Waals surface area contributed by atoms with Gasteiger partial charge in [-0.15, -0.1) is 0 Å². The van der Waals surface area contributed by atoms with Crippen LogP contribution in [-0.2, 0) is 11.3 Å². The van der Waals surface area contributed by atoms with Crippen LogP contribution in [0.25, 0.3) is 0 Å². The van der Waals surface area contributed by atoms with E-state index < -0.39 is 11.7 Å². The van der Waals surface area contributed by atoms with Crippen molar-refractivity contribution in [2.75, 3.05) is 17.7 Å². The number of nitrogens with one attached hydrogen (secondary N) is 2. The molecule has 0 atom stereocenters. The Morgan fingerprint density at radius 1 is 1.35 bits per heavy atom. The van der Waals surface area contributed by atoms with Crippen molar-refractivity contribution in [2.24, 2.45) is 0 Å². The topological polar surface area (TPSA) is 85.6 Å². The quantitative estimate of drug-likeness (QED) is 0.875. The number of hydrogen-bond acceptors (Lipinski definition) is 6. The third-order valence-electron chi connectivity index (χ3n) is 2.79. The maximum atomic E-state index is 11.9. The van der Waals surface area contributed by atoms with Gasteiger partial charge in [0.1, 0.15) is 17.1 Å². The van der Waals surface area contributed by atoms with Gasteiger partial charge in [-0.2, -0.15) is 0 Å². The average Bonchev–Trinajstić information content (AvgIpc) is 2.96. The van der Waals surface area contributed by atoms with E-state index in [1.807, 2.05) is 6.07 Å². The van der Waals surface area contributed by atoms with Crippen LogP contribution in [0.3, 0.4) is 0 Å². The van der Waals surface area contributed by atoms with Crippen molar-refractivity contribution in [2.45, 2.75) is 32.9 Å². The standard InChI is InChI=1S/C16H21N3O4/c1-16(2,3)23-15(20)19-13-7-11(5-6-14(13)21-4)18-9-12-8-17-10-22-12/h5-8,10,18H,9H2,1-4H3,(H,19,20). The minimum absolute atomic E-state index is 0.484. The fraction of sp³-hybridized carbons (Fsp3) is 0.375. The van der Waals surface area contributed by atoms with Crippen molar-refractivity contribution in [3.05, 3.63) is 36.5 Å². The molecule has 1 amide bonds. The maximum Gasteiger partial charge on any atom is 0.412 e. The second-order valence-electron chi connectivity index (χ2n) is 5.86. The number of ether oxygens (including phenoxy) is 2. The summed E-state index contributed by atoms with van der Waals surface area (Å²) in [5.74, 6) is 1.25. The van der Waals surface area contributed by atoms with Crippen molar-refractivity contribution in [3.8, 4) is 5.75 Å². The van der Waals surface area contributed by atoms with Gasteiger partial charge in [0.2, 0.25) is 0 Å². The summed E-state index contributed by atoms with van der Waals surface area (Å²) in [6, 6.07) is 5.37. The number of methoxy groups -OCH3 is 1. The van der Waals surface area contributed by atoms with Gasteiger partial charge in [0, 0.05) is 5.69 Å². The largest absolute Gasteiger partial charge is 0.495 e. The molecule has 0 aliphatic carbocycles. The van der Waals surface area contributed by atoms with E-state index in [0.29, 0.717) is 23.7 Å². The molecule has 2 N–H and O–H groups in total. The summed E-state index contributed by atoms with van der Waals surface area (Å²) in [7, 11) is 1.54. The first-order valence-electron chi connectivity index (χ1n) is 7.16. The predicted molar refractivity (Wildman–Crippen MR) is 86.7 cm³/mol. The van der Waals surface area contributed by atoms with E-state index in [1.54, 1.807) is 39.1 Å². The van der Waals surface area contributed by atoms with Gasteiger partial charge in [0.15, 0.2) is 6.39 Å². The van der Waals surface area contributed by atoms with Crippen LogP contribution in [0, 0.1) is 0 Å². The minimum atomic E-state index is -0.570. The molecule has 0 aliphatic heterocycles. The highest BCUT2D eigenvalue weighted by Gasteiger charge is 2.17. The summed E-state index contributed by atoms with van der Waals surface area (Å²) >= 11 is 0. The molecule has 1 heterocycles. The molecule has 1 aromatic carbocycles. The lowest BCUT2D eigenvalue weighted by Crippen LogP contribution is -2.27. The van der Waals surface area contributed by atoms with Gasteiger partial charge in [0.25, 0.3) is 0 Å². The summed E-state index contributed by atoms with van der Waals surface area (Å²) in [4.78, 5) is 15.8. The number of benzene rings is 1. The van der Waals surface area contributed by atoms with Gasteiger partial charge in [0.05, 0.1) is 25.5 Å². The number of anilines is 2. The number of amides is 1. The number of rotatable bonds is 5. The second kappa shape index (κ2) is 7.04. The van der Waals surface area contributed by atoms with Crippen LogP contribution in [0.1, 0.15) is 26.5 Å². The summed E-state index contributed by atoms with van der Waals surface area (Å²) in [5.41, 5.74) is 0.747. The first kappa shape index (κ1) is 16.7. The third kappa shape index (κ3) is 5.21. The first-order chi connectivity index (χ1) is 10.9. The molecule has 0 aliphatic rings. The number of hydrogen-bond donors (Lipinski definition) is 2. The van der Waals surface area contributed by atoms with Crippen LogP contribution in [-0.4, -0.2) is 23.8 Å². The highest BCUT2D eigenvalue weighted by atomic mass is 16.6. The van der Waals surface area contributed by atoms with Crippen molar-refractivity contribution in [3.63, 3.8) is 0 Å². The monoisotopic (exact) mass is 319 g/mol. The molecule has 7 heteroatoms. The van der Waals surface area contributed by atoms with Crippen LogP contribution in [0.5, 0.6) is 5.75 Å². The van der Waals surface area contributed by atoms with Crippen LogP contribution < -0.4 is 15.4 Å². The molecule has 0 fully saturated rings. The third-order valence-corrected chi connectivity index (χ3v) is 2.79. The van der Waals surface area contributed by atoms with E-state index in [0.717, 1.165) is 5.69 Å². The smallest absolute Gasteiger partial charge is 0.412 e. The summed E-state index contributed by atoms with van der Waals surface area (Å²) in [6.45, 7) is 5.90. The summed E-state index contributed by atoms with van der Waals surface area (Å²) in [5, 5.41) is 5.87. The zero-order valence-electron chi connectivity index (χ0n) is 13.7. The fourth-order valence-corrected chi connectivity index (χ4v) is 1.85. The molecule has 124 valence electrons. The Hall–Kier alpha value is -2.70.